The molecule has 6 nitrogen and oxygen atoms in total. The van der Waals surface area contributed by atoms with Crippen LogP contribution in [-0.2, 0) is 28.6 Å². The number of rotatable bonds is 42. The summed E-state index contributed by atoms with van der Waals surface area (Å²) in [6.45, 7) is 6.28. The van der Waals surface area contributed by atoms with E-state index >= 15 is 0 Å². The molecule has 344 valence electrons. The number of unbranched alkanes of at least 4 members (excludes halogenated alkanes) is 13. The third kappa shape index (κ3) is 47.0. The summed E-state index contributed by atoms with van der Waals surface area (Å²) in [7, 11) is 0. The molecular weight excluding hydrogens is 757 g/mol. The van der Waals surface area contributed by atoms with Crippen LogP contribution in [0.2, 0.25) is 0 Å². The number of carbonyl (C=O) groups excluding carboxylic acids is 3. The highest BCUT2D eigenvalue weighted by Gasteiger charge is 2.19. The van der Waals surface area contributed by atoms with Gasteiger partial charge in [0.05, 0.1) is 0 Å². The van der Waals surface area contributed by atoms with Crippen molar-refractivity contribution < 1.29 is 28.6 Å². The first-order valence-corrected chi connectivity index (χ1v) is 24.4. The van der Waals surface area contributed by atoms with Crippen LogP contribution < -0.4 is 0 Å². The van der Waals surface area contributed by atoms with Crippen molar-refractivity contribution in [2.45, 2.75) is 207 Å². The maximum Gasteiger partial charge on any atom is 0.306 e. The standard InChI is InChI=1S/C55H88O6/c1-4-7-10-13-16-19-22-25-26-27-28-31-33-36-39-42-45-48-54(57)60-51-52(61-55(58)49-46-43-40-37-34-30-24-21-18-15-12-9-6-3)50-59-53(56)47-44-41-38-35-32-29-23-20-17-14-11-8-5-2/h7,9-10,12,16,18-21,23,25-26,28,30-31,34,40,43,52H,4-6,8,11,13-15,17,22,24,27,29,32-33,35-39,41-42,44-51H2,1-3H3/b10-7-,12-9-,19-16-,21-18-,23-20-,26-25-,31-28-,34-30-,43-40-. The molecule has 0 radical (unpaired) electrons. The molecule has 0 rings (SSSR count). The van der Waals surface area contributed by atoms with Gasteiger partial charge >= 0.3 is 17.9 Å². The van der Waals surface area contributed by atoms with Gasteiger partial charge in [-0.15, -0.1) is 0 Å². The first-order valence-electron chi connectivity index (χ1n) is 24.4. The summed E-state index contributed by atoms with van der Waals surface area (Å²) in [5, 5.41) is 0. The van der Waals surface area contributed by atoms with Crippen molar-refractivity contribution in [3.63, 3.8) is 0 Å². The van der Waals surface area contributed by atoms with Crippen LogP contribution in [0.15, 0.2) is 109 Å². The Morgan fingerprint density at radius 2 is 0.672 bits per heavy atom. The van der Waals surface area contributed by atoms with E-state index in [0.717, 1.165) is 116 Å². The van der Waals surface area contributed by atoms with Crippen LogP contribution in [0.25, 0.3) is 0 Å². The molecule has 0 fully saturated rings. The smallest absolute Gasteiger partial charge is 0.306 e. The second-order valence-corrected chi connectivity index (χ2v) is 15.6. The fourth-order valence-corrected chi connectivity index (χ4v) is 6.15. The molecule has 0 aromatic rings. The van der Waals surface area contributed by atoms with Gasteiger partial charge in [-0.1, -0.05) is 182 Å². The van der Waals surface area contributed by atoms with E-state index in [0.29, 0.717) is 19.3 Å². The first-order chi connectivity index (χ1) is 30.0. The average molecular weight is 845 g/mol. The lowest BCUT2D eigenvalue weighted by Crippen LogP contribution is -2.30. The third-order valence-electron chi connectivity index (χ3n) is 9.76. The molecule has 1 unspecified atom stereocenters. The zero-order valence-electron chi connectivity index (χ0n) is 39.1. The summed E-state index contributed by atoms with van der Waals surface area (Å²) in [6.07, 6.45) is 65.1. The molecule has 0 aromatic carbocycles. The Labute approximate surface area is 374 Å². The molecule has 6 heteroatoms. The minimum atomic E-state index is -0.830. The maximum atomic E-state index is 12.7. The van der Waals surface area contributed by atoms with E-state index in [4.69, 9.17) is 14.2 Å². The summed E-state index contributed by atoms with van der Waals surface area (Å²) in [6, 6.07) is 0. The Morgan fingerprint density at radius 3 is 1.08 bits per heavy atom. The number of hydrogen-bond donors (Lipinski definition) is 0. The average Bonchev–Trinajstić information content (AvgIpc) is 3.26. The first kappa shape index (κ1) is 57.1. The van der Waals surface area contributed by atoms with E-state index in [9.17, 15) is 14.4 Å². The molecule has 0 saturated carbocycles. The zero-order chi connectivity index (χ0) is 44.4. The summed E-state index contributed by atoms with van der Waals surface area (Å²) < 4.78 is 16.7. The van der Waals surface area contributed by atoms with Crippen molar-refractivity contribution in [3.05, 3.63) is 109 Å². The normalized spacial score (nSPS) is 13.0. The minimum absolute atomic E-state index is 0.121. The second-order valence-electron chi connectivity index (χ2n) is 15.6. The Kier molecular flexibility index (Phi) is 45.6. The van der Waals surface area contributed by atoms with E-state index in [1.165, 1.54) is 38.5 Å². The lowest BCUT2D eigenvalue weighted by Gasteiger charge is -2.18. The summed E-state index contributed by atoms with van der Waals surface area (Å²) in [4.78, 5) is 37.8. The van der Waals surface area contributed by atoms with Gasteiger partial charge in [-0.2, -0.15) is 0 Å². The van der Waals surface area contributed by atoms with Gasteiger partial charge in [0.15, 0.2) is 6.10 Å². The van der Waals surface area contributed by atoms with Gasteiger partial charge in [-0.25, -0.2) is 0 Å². The highest BCUT2D eigenvalue weighted by Crippen LogP contribution is 2.12. The molecule has 0 bridgehead atoms. The third-order valence-corrected chi connectivity index (χ3v) is 9.76. The van der Waals surface area contributed by atoms with Crippen LogP contribution in [0, 0.1) is 0 Å². The van der Waals surface area contributed by atoms with Gasteiger partial charge in [0.1, 0.15) is 13.2 Å². The molecule has 61 heavy (non-hydrogen) atoms. The van der Waals surface area contributed by atoms with Crippen molar-refractivity contribution in [1.82, 2.24) is 0 Å². The highest BCUT2D eigenvalue weighted by atomic mass is 16.6. The van der Waals surface area contributed by atoms with Crippen LogP contribution >= 0.6 is 0 Å². The molecule has 0 amide bonds. The molecule has 0 N–H and O–H groups in total. The van der Waals surface area contributed by atoms with Crippen molar-refractivity contribution in [1.29, 1.82) is 0 Å². The van der Waals surface area contributed by atoms with Gasteiger partial charge in [0.2, 0.25) is 0 Å². The van der Waals surface area contributed by atoms with Gasteiger partial charge in [-0.05, 0) is 109 Å². The largest absolute Gasteiger partial charge is 0.462 e. The van der Waals surface area contributed by atoms with Crippen LogP contribution in [0.5, 0.6) is 0 Å². The molecule has 0 saturated heterocycles. The Bertz CT molecular complexity index is 1290. The summed E-state index contributed by atoms with van der Waals surface area (Å²) in [5.74, 6) is -1.05. The van der Waals surface area contributed by atoms with Gasteiger partial charge in [-0.3, -0.25) is 14.4 Å². The summed E-state index contributed by atoms with van der Waals surface area (Å²) >= 11 is 0. The van der Waals surface area contributed by atoms with E-state index in [2.05, 4.69) is 118 Å². The minimum Gasteiger partial charge on any atom is -0.462 e. The topological polar surface area (TPSA) is 78.9 Å². The monoisotopic (exact) mass is 845 g/mol. The van der Waals surface area contributed by atoms with E-state index in [1.54, 1.807) is 0 Å². The number of carbonyl (C=O) groups is 3. The number of hydrogen-bond acceptors (Lipinski definition) is 6. The molecule has 0 aliphatic carbocycles. The molecule has 0 aliphatic rings. The lowest BCUT2D eigenvalue weighted by molar-refractivity contribution is -0.166. The van der Waals surface area contributed by atoms with Gasteiger partial charge < -0.3 is 14.2 Å². The van der Waals surface area contributed by atoms with Crippen molar-refractivity contribution in [3.8, 4) is 0 Å². The van der Waals surface area contributed by atoms with Crippen LogP contribution in [0.1, 0.15) is 201 Å². The lowest BCUT2D eigenvalue weighted by atomic mass is 10.1. The predicted octanol–water partition coefficient (Wildman–Crippen LogP) is 16.0. The van der Waals surface area contributed by atoms with E-state index in [-0.39, 0.29) is 31.6 Å². The molecular formula is C55H88O6. The summed E-state index contributed by atoms with van der Waals surface area (Å²) in [5.41, 5.74) is 0. The zero-order valence-corrected chi connectivity index (χ0v) is 39.1. The quantitative estimate of drug-likeness (QED) is 0.0264. The predicted molar refractivity (Wildman–Crippen MR) is 260 cm³/mol. The number of esters is 3. The van der Waals surface area contributed by atoms with Crippen molar-refractivity contribution in [2.75, 3.05) is 13.2 Å². The molecule has 0 heterocycles. The number of allylic oxidation sites excluding steroid dienone is 18. The Morgan fingerprint density at radius 1 is 0.344 bits per heavy atom. The highest BCUT2D eigenvalue weighted by molar-refractivity contribution is 5.71. The van der Waals surface area contributed by atoms with Crippen LogP contribution in [0.4, 0.5) is 0 Å². The van der Waals surface area contributed by atoms with E-state index in [1.807, 2.05) is 12.2 Å². The molecule has 0 aliphatic heterocycles. The molecule has 0 spiro atoms. The van der Waals surface area contributed by atoms with Crippen LogP contribution in [0.3, 0.4) is 0 Å². The Balaban J connectivity index is 4.54. The molecule has 0 aromatic heterocycles. The second kappa shape index (κ2) is 48.7. The van der Waals surface area contributed by atoms with E-state index < -0.39 is 12.1 Å². The Hall–Kier alpha value is -3.93. The fraction of sp³-hybridized carbons (Fsp3) is 0.618. The van der Waals surface area contributed by atoms with Gasteiger partial charge in [0.25, 0.3) is 0 Å². The fourth-order valence-electron chi connectivity index (χ4n) is 6.15. The van der Waals surface area contributed by atoms with Crippen LogP contribution in [-0.4, -0.2) is 37.2 Å². The van der Waals surface area contributed by atoms with Gasteiger partial charge in [0, 0.05) is 19.3 Å². The van der Waals surface area contributed by atoms with Crippen molar-refractivity contribution >= 4 is 17.9 Å². The van der Waals surface area contributed by atoms with Crippen molar-refractivity contribution in [2.24, 2.45) is 0 Å². The molecule has 1 atom stereocenters. The number of ether oxygens (including phenoxy) is 3. The maximum absolute atomic E-state index is 12.7. The SMILES string of the molecule is CC/C=C\C/C=C\C/C=C\C/C=C\CCCCCCC(=O)OCC(COC(=O)CCCCCCC/C=C\CCCCCC)OC(=O)CC/C=C\C/C=C\C/C=C\C/C=C\CC.